The largest absolute Gasteiger partial charge is 0.454 e. The molecule has 1 aromatic carbocycles. The molecule has 1 N–H and O–H groups in total. The summed E-state index contributed by atoms with van der Waals surface area (Å²) in [6, 6.07) is 5.08. The number of rotatable bonds is 6. The maximum Gasteiger partial charge on any atom is 0.402 e. The second-order valence-electron chi connectivity index (χ2n) is 4.35. The highest BCUT2D eigenvalue weighted by Gasteiger charge is 2.45. The zero-order valence-electron chi connectivity index (χ0n) is 11.8. The maximum atomic E-state index is 13.0. The van der Waals surface area contributed by atoms with Crippen molar-refractivity contribution in [3.05, 3.63) is 42.0 Å². The van der Waals surface area contributed by atoms with Crippen molar-refractivity contribution in [1.82, 2.24) is 0 Å². The minimum absolute atomic E-state index is 0.0334. The van der Waals surface area contributed by atoms with E-state index in [1.54, 1.807) is 0 Å². The third-order valence-corrected chi connectivity index (χ3v) is 3.28. The van der Waals surface area contributed by atoms with Crippen LogP contribution in [0.5, 0.6) is 5.75 Å². The summed E-state index contributed by atoms with van der Waals surface area (Å²) >= 11 is 0. The number of carbonyl (C=O) groups excluding carboxylic acids is 2. The van der Waals surface area contributed by atoms with Gasteiger partial charge in [0.05, 0.1) is 0 Å². The summed E-state index contributed by atoms with van der Waals surface area (Å²) in [5, 5.41) is -4.66. The van der Waals surface area contributed by atoms with E-state index in [1.165, 1.54) is 25.1 Å². The molecule has 23 heavy (non-hydrogen) atoms. The smallest absolute Gasteiger partial charge is 0.402 e. The summed E-state index contributed by atoms with van der Waals surface area (Å²) in [5.74, 6) is -2.49. The van der Waals surface area contributed by atoms with Gasteiger partial charge in [-0.05, 0) is 19.1 Å². The van der Waals surface area contributed by atoms with Crippen molar-refractivity contribution in [2.45, 2.75) is 12.2 Å². The molecule has 0 atom stereocenters. The lowest BCUT2D eigenvalue weighted by Gasteiger charge is -2.14. The molecule has 0 saturated carbocycles. The van der Waals surface area contributed by atoms with E-state index in [0.717, 1.165) is 6.07 Å². The molecule has 0 radical (unpaired) electrons. The maximum absolute atomic E-state index is 13.0. The second kappa shape index (κ2) is 6.84. The van der Waals surface area contributed by atoms with Gasteiger partial charge in [0.1, 0.15) is 11.3 Å². The van der Waals surface area contributed by atoms with Gasteiger partial charge < -0.3 is 9.47 Å². The van der Waals surface area contributed by atoms with Gasteiger partial charge in [-0.25, -0.2) is 9.59 Å². The Bertz CT molecular complexity index is 740. The molecule has 126 valence electrons. The number of para-hydroxylation sites is 1. The van der Waals surface area contributed by atoms with E-state index in [0.29, 0.717) is 0 Å². The third kappa shape index (κ3) is 4.83. The highest BCUT2D eigenvalue weighted by Crippen LogP contribution is 2.24. The molecule has 1 rings (SSSR count). The molecule has 0 aliphatic rings. The molecule has 0 saturated heterocycles. The third-order valence-electron chi connectivity index (χ3n) is 2.41. The van der Waals surface area contributed by atoms with E-state index in [4.69, 9.17) is 9.29 Å². The van der Waals surface area contributed by atoms with Gasteiger partial charge in [-0.3, -0.25) is 4.55 Å². The standard InChI is InChI=1S/C13H12F2O7S/c1-8(2)11(16)22-10-6-4-3-5-9(10)12(17)21-7-13(14,15)23(18,19)20/h3-6H,1,7H2,2H3,(H,18,19,20). The van der Waals surface area contributed by atoms with Crippen LogP contribution in [0, 0.1) is 0 Å². The number of esters is 2. The molecule has 0 spiro atoms. The first-order valence-electron chi connectivity index (χ1n) is 5.94. The zero-order chi connectivity index (χ0) is 17.8. The number of alkyl halides is 2. The number of halogens is 2. The summed E-state index contributed by atoms with van der Waals surface area (Å²) in [4.78, 5) is 23.2. The average molecular weight is 350 g/mol. The minimum Gasteiger partial charge on any atom is -0.454 e. The van der Waals surface area contributed by atoms with Crippen LogP contribution in [0.1, 0.15) is 17.3 Å². The Morgan fingerprint density at radius 1 is 1.30 bits per heavy atom. The molecular weight excluding hydrogens is 338 g/mol. The van der Waals surface area contributed by atoms with Gasteiger partial charge in [-0.1, -0.05) is 18.7 Å². The summed E-state index contributed by atoms with van der Waals surface area (Å²) < 4.78 is 64.2. The van der Waals surface area contributed by atoms with Gasteiger partial charge >= 0.3 is 27.3 Å². The number of benzene rings is 1. The van der Waals surface area contributed by atoms with Gasteiger partial charge in [0.25, 0.3) is 0 Å². The number of carbonyl (C=O) groups is 2. The average Bonchev–Trinajstić information content (AvgIpc) is 2.44. The first kappa shape index (κ1) is 18.7. The van der Waals surface area contributed by atoms with Crippen molar-refractivity contribution in [3.8, 4) is 5.75 Å². The molecule has 0 aliphatic carbocycles. The highest BCUT2D eigenvalue weighted by molar-refractivity contribution is 7.86. The Hall–Kier alpha value is -2.33. The van der Waals surface area contributed by atoms with E-state index in [-0.39, 0.29) is 16.9 Å². The van der Waals surface area contributed by atoms with Gasteiger partial charge in [0.15, 0.2) is 6.61 Å². The zero-order valence-corrected chi connectivity index (χ0v) is 12.6. The molecule has 0 aliphatic heterocycles. The lowest BCUT2D eigenvalue weighted by atomic mass is 10.2. The fourth-order valence-electron chi connectivity index (χ4n) is 1.21. The molecule has 7 nitrogen and oxygen atoms in total. The topological polar surface area (TPSA) is 107 Å². The van der Waals surface area contributed by atoms with Crippen LogP contribution in [-0.4, -0.2) is 36.8 Å². The molecule has 0 fully saturated rings. The van der Waals surface area contributed by atoms with Crippen molar-refractivity contribution >= 4 is 22.1 Å². The molecule has 0 amide bonds. The summed E-state index contributed by atoms with van der Waals surface area (Å²) in [6.45, 7) is 2.80. The first-order valence-corrected chi connectivity index (χ1v) is 7.38. The molecule has 10 heteroatoms. The highest BCUT2D eigenvalue weighted by atomic mass is 32.2. The first-order chi connectivity index (χ1) is 10.5. The van der Waals surface area contributed by atoms with Gasteiger partial charge in [-0.2, -0.15) is 17.2 Å². The fourth-order valence-corrected chi connectivity index (χ4v) is 1.42. The Morgan fingerprint density at radius 3 is 2.39 bits per heavy atom. The summed E-state index contributed by atoms with van der Waals surface area (Å²) in [7, 11) is -5.73. The van der Waals surface area contributed by atoms with Crippen molar-refractivity contribution in [2.75, 3.05) is 6.61 Å². The second-order valence-corrected chi connectivity index (χ2v) is 5.90. The quantitative estimate of drug-likeness (QED) is 0.361. The minimum atomic E-state index is -5.73. The van der Waals surface area contributed by atoms with E-state index >= 15 is 0 Å². The van der Waals surface area contributed by atoms with Crippen molar-refractivity contribution < 1.29 is 40.8 Å². The van der Waals surface area contributed by atoms with Crippen molar-refractivity contribution in [2.24, 2.45) is 0 Å². The molecule has 0 heterocycles. The van der Waals surface area contributed by atoms with Crippen LogP contribution >= 0.6 is 0 Å². The van der Waals surface area contributed by atoms with Gasteiger partial charge in [0, 0.05) is 5.57 Å². The van der Waals surface area contributed by atoms with Crippen LogP contribution in [-0.2, 0) is 19.6 Å². The predicted octanol–water partition coefficient (Wildman–Crippen LogP) is 1.81. The number of hydrogen-bond donors (Lipinski definition) is 1. The normalized spacial score (nSPS) is 11.7. The van der Waals surface area contributed by atoms with Crippen molar-refractivity contribution in [1.29, 1.82) is 0 Å². The van der Waals surface area contributed by atoms with Crippen LogP contribution < -0.4 is 4.74 Å². The lowest BCUT2D eigenvalue weighted by molar-refractivity contribution is -0.130. The Kier molecular flexibility index (Phi) is 5.56. The molecular formula is C13H12F2O7S. The summed E-state index contributed by atoms with van der Waals surface area (Å²) in [5.41, 5.74) is -0.348. The van der Waals surface area contributed by atoms with Crippen LogP contribution in [0.25, 0.3) is 0 Å². The fraction of sp³-hybridized carbons (Fsp3) is 0.231. The molecule has 0 unspecified atom stereocenters. The Labute approximate surface area is 130 Å². The monoisotopic (exact) mass is 350 g/mol. The Morgan fingerprint density at radius 2 is 1.87 bits per heavy atom. The van der Waals surface area contributed by atoms with Gasteiger partial charge in [-0.15, -0.1) is 0 Å². The van der Waals surface area contributed by atoms with Crippen molar-refractivity contribution in [3.63, 3.8) is 0 Å². The summed E-state index contributed by atoms with van der Waals surface area (Å²) in [6.07, 6.45) is 0. The van der Waals surface area contributed by atoms with Crippen LogP contribution in [0.2, 0.25) is 0 Å². The van der Waals surface area contributed by atoms with E-state index in [9.17, 15) is 26.8 Å². The van der Waals surface area contributed by atoms with Gasteiger partial charge in [0.2, 0.25) is 0 Å². The predicted molar refractivity (Wildman–Crippen MR) is 73.7 cm³/mol. The van der Waals surface area contributed by atoms with E-state index < -0.39 is 33.9 Å². The number of ether oxygens (including phenoxy) is 2. The molecule has 0 bridgehead atoms. The molecule has 0 aromatic heterocycles. The van der Waals surface area contributed by atoms with Crippen LogP contribution in [0.15, 0.2) is 36.4 Å². The SMILES string of the molecule is C=C(C)C(=O)Oc1ccccc1C(=O)OCC(F)(F)S(=O)(=O)O. The lowest BCUT2D eigenvalue weighted by Crippen LogP contribution is -2.34. The van der Waals surface area contributed by atoms with E-state index in [1.807, 2.05) is 0 Å². The van der Waals surface area contributed by atoms with Crippen LogP contribution in [0.3, 0.4) is 0 Å². The van der Waals surface area contributed by atoms with Crippen LogP contribution in [0.4, 0.5) is 8.78 Å². The number of hydrogen-bond acceptors (Lipinski definition) is 6. The molecule has 1 aromatic rings. The van der Waals surface area contributed by atoms with E-state index in [2.05, 4.69) is 11.3 Å². The Balaban J connectivity index is 2.93.